The van der Waals surface area contributed by atoms with Gasteiger partial charge in [0.15, 0.2) is 0 Å². The molecule has 0 aliphatic heterocycles. The average Bonchev–Trinajstić information content (AvgIpc) is 2.28. The molecule has 0 saturated heterocycles. The molecule has 86 valence electrons. The Bertz CT molecular complexity index is 406. The third-order valence-corrected chi connectivity index (χ3v) is 3.74. The summed E-state index contributed by atoms with van der Waals surface area (Å²) in [7, 11) is 0. The molecule has 0 bridgehead atoms. The van der Waals surface area contributed by atoms with Crippen molar-refractivity contribution < 1.29 is 0 Å². The predicted octanol–water partition coefficient (Wildman–Crippen LogP) is 4.12. The summed E-state index contributed by atoms with van der Waals surface area (Å²) >= 11 is 5.89. The standard InChI is InChI=1S/C13H15BrIN/c1-3-5-6-13(16-4-2)11-9-10(14)7-8-12(11)15/h7-9,13,16H,4,6H2,1-2H3. The van der Waals surface area contributed by atoms with Crippen LogP contribution in [0.5, 0.6) is 0 Å². The molecular formula is C13H15BrIN. The van der Waals surface area contributed by atoms with E-state index < -0.39 is 0 Å². The highest BCUT2D eigenvalue weighted by Gasteiger charge is 2.12. The molecule has 3 heteroatoms. The van der Waals surface area contributed by atoms with Gasteiger partial charge in [0.1, 0.15) is 0 Å². The van der Waals surface area contributed by atoms with Crippen molar-refractivity contribution in [3.05, 3.63) is 31.8 Å². The van der Waals surface area contributed by atoms with Gasteiger partial charge in [0.05, 0.1) is 0 Å². The van der Waals surface area contributed by atoms with Crippen LogP contribution in [0.3, 0.4) is 0 Å². The van der Waals surface area contributed by atoms with Crippen molar-refractivity contribution in [1.82, 2.24) is 5.32 Å². The summed E-state index contributed by atoms with van der Waals surface area (Å²) in [5.41, 5.74) is 1.32. The van der Waals surface area contributed by atoms with Crippen molar-refractivity contribution in [2.75, 3.05) is 6.54 Å². The van der Waals surface area contributed by atoms with Crippen LogP contribution in [0, 0.1) is 15.4 Å². The number of halogens is 2. The fourth-order valence-electron chi connectivity index (χ4n) is 1.52. The topological polar surface area (TPSA) is 12.0 Å². The molecule has 1 unspecified atom stereocenters. The third-order valence-electron chi connectivity index (χ3n) is 2.27. The lowest BCUT2D eigenvalue weighted by Gasteiger charge is -2.17. The van der Waals surface area contributed by atoms with Crippen LogP contribution in [0.2, 0.25) is 0 Å². The second kappa shape index (κ2) is 7.31. The molecule has 0 heterocycles. The first-order valence-electron chi connectivity index (χ1n) is 5.27. The van der Waals surface area contributed by atoms with Gasteiger partial charge < -0.3 is 5.32 Å². The minimum Gasteiger partial charge on any atom is -0.309 e. The normalized spacial score (nSPS) is 11.8. The molecule has 0 fully saturated rings. The molecule has 0 saturated carbocycles. The lowest BCUT2D eigenvalue weighted by Crippen LogP contribution is -2.21. The molecule has 16 heavy (non-hydrogen) atoms. The van der Waals surface area contributed by atoms with E-state index in [1.807, 2.05) is 6.92 Å². The number of rotatable bonds is 4. The Labute approximate surface area is 120 Å². The first-order chi connectivity index (χ1) is 7.69. The minimum atomic E-state index is 0.321. The van der Waals surface area contributed by atoms with Crippen LogP contribution in [-0.2, 0) is 0 Å². The van der Waals surface area contributed by atoms with E-state index in [0.29, 0.717) is 6.04 Å². The summed E-state index contributed by atoms with van der Waals surface area (Å²) in [4.78, 5) is 0. The molecule has 1 aromatic carbocycles. The van der Waals surface area contributed by atoms with Gasteiger partial charge in [-0.05, 0) is 59.8 Å². The molecule has 0 aromatic heterocycles. The molecule has 1 N–H and O–H groups in total. The van der Waals surface area contributed by atoms with Crippen LogP contribution in [0.4, 0.5) is 0 Å². The van der Waals surface area contributed by atoms with Crippen LogP contribution < -0.4 is 5.32 Å². The molecule has 0 radical (unpaired) electrons. The molecule has 0 aliphatic rings. The maximum Gasteiger partial charge on any atom is 0.0441 e. The summed E-state index contributed by atoms with van der Waals surface area (Å²) in [5, 5.41) is 3.47. The van der Waals surface area contributed by atoms with Crippen LogP contribution in [0.1, 0.15) is 31.9 Å². The number of hydrogen-bond acceptors (Lipinski definition) is 1. The van der Waals surface area contributed by atoms with Gasteiger partial charge in [0.25, 0.3) is 0 Å². The SMILES string of the molecule is CC#CCC(NCC)c1cc(Br)ccc1I. The van der Waals surface area contributed by atoms with Crippen molar-refractivity contribution in [2.24, 2.45) is 0 Å². The van der Waals surface area contributed by atoms with Crippen LogP contribution in [0.15, 0.2) is 22.7 Å². The molecule has 0 amide bonds. The Morgan fingerprint density at radius 2 is 2.25 bits per heavy atom. The van der Waals surface area contributed by atoms with E-state index in [1.165, 1.54) is 9.13 Å². The van der Waals surface area contributed by atoms with Crippen molar-refractivity contribution in [2.45, 2.75) is 26.3 Å². The van der Waals surface area contributed by atoms with Crippen molar-refractivity contribution >= 4 is 38.5 Å². The van der Waals surface area contributed by atoms with Gasteiger partial charge in [0, 0.05) is 20.5 Å². The van der Waals surface area contributed by atoms with E-state index >= 15 is 0 Å². The molecular weight excluding hydrogens is 377 g/mol. The fourth-order valence-corrected chi connectivity index (χ4v) is 2.61. The monoisotopic (exact) mass is 391 g/mol. The highest BCUT2D eigenvalue weighted by atomic mass is 127. The summed E-state index contributed by atoms with van der Waals surface area (Å²) in [6, 6.07) is 6.69. The molecule has 0 aliphatic carbocycles. The summed E-state index contributed by atoms with van der Waals surface area (Å²) < 4.78 is 2.40. The summed E-state index contributed by atoms with van der Waals surface area (Å²) in [5.74, 6) is 6.10. The molecule has 1 rings (SSSR count). The van der Waals surface area contributed by atoms with Gasteiger partial charge in [-0.2, -0.15) is 0 Å². The maximum absolute atomic E-state index is 3.52. The Morgan fingerprint density at radius 1 is 1.50 bits per heavy atom. The Kier molecular flexibility index (Phi) is 6.40. The highest BCUT2D eigenvalue weighted by Crippen LogP contribution is 2.25. The lowest BCUT2D eigenvalue weighted by molar-refractivity contribution is 0.562. The van der Waals surface area contributed by atoms with E-state index in [9.17, 15) is 0 Å². The van der Waals surface area contributed by atoms with E-state index in [1.54, 1.807) is 0 Å². The zero-order chi connectivity index (χ0) is 12.0. The van der Waals surface area contributed by atoms with Crippen molar-refractivity contribution in [3.63, 3.8) is 0 Å². The van der Waals surface area contributed by atoms with Gasteiger partial charge in [-0.25, -0.2) is 0 Å². The third kappa shape index (κ3) is 4.08. The van der Waals surface area contributed by atoms with E-state index in [0.717, 1.165) is 17.4 Å². The van der Waals surface area contributed by atoms with Crippen molar-refractivity contribution in [1.29, 1.82) is 0 Å². The van der Waals surface area contributed by atoms with E-state index in [4.69, 9.17) is 0 Å². The molecule has 1 nitrogen and oxygen atoms in total. The lowest BCUT2D eigenvalue weighted by atomic mass is 10.0. The zero-order valence-corrected chi connectivity index (χ0v) is 13.2. The quantitative estimate of drug-likeness (QED) is 0.601. The highest BCUT2D eigenvalue weighted by molar-refractivity contribution is 14.1. The predicted molar refractivity (Wildman–Crippen MR) is 81.3 cm³/mol. The zero-order valence-electron chi connectivity index (χ0n) is 9.48. The molecule has 1 aromatic rings. The van der Waals surface area contributed by atoms with Gasteiger partial charge in [-0.15, -0.1) is 11.8 Å². The second-order valence-corrected chi connectivity index (χ2v) is 5.48. The van der Waals surface area contributed by atoms with Crippen molar-refractivity contribution in [3.8, 4) is 11.8 Å². The summed E-state index contributed by atoms with van der Waals surface area (Å²) in [6.45, 7) is 4.96. The van der Waals surface area contributed by atoms with Gasteiger partial charge in [0.2, 0.25) is 0 Å². The van der Waals surface area contributed by atoms with Crippen LogP contribution in [-0.4, -0.2) is 6.54 Å². The largest absolute Gasteiger partial charge is 0.309 e. The smallest absolute Gasteiger partial charge is 0.0441 e. The first-order valence-corrected chi connectivity index (χ1v) is 7.14. The Balaban J connectivity index is 2.97. The average molecular weight is 392 g/mol. The number of nitrogens with one attached hydrogen (secondary N) is 1. The van der Waals surface area contributed by atoms with Crippen LogP contribution >= 0.6 is 38.5 Å². The summed E-state index contributed by atoms with van der Waals surface area (Å²) in [6.07, 6.45) is 0.858. The number of benzene rings is 1. The van der Waals surface area contributed by atoms with Gasteiger partial charge in [-0.1, -0.05) is 22.9 Å². The first kappa shape index (κ1) is 14.0. The van der Waals surface area contributed by atoms with Gasteiger partial charge in [-0.3, -0.25) is 0 Å². The second-order valence-electron chi connectivity index (χ2n) is 3.41. The number of hydrogen-bond donors (Lipinski definition) is 1. The minimum absolute atomic E-state index is 0.321. The van der Waals surface area contributed by atoms with E-state index in [2.05, 4.69) is 80.8 Å². The van der Waals surface area contributed by atoms with Crippen LogP contribution in [0.25, 0.3) is 0 Å². The Morgan fingerprint density at radius 3 is 2.88 bits per heavy atom. The molecule has 0 spiro atoms. The Hall–Kier alpha value is -0.0500. The fraction of sp³-hybridized carbons (Fsp3) is 0.385. The molecule has 1 atom stereocenters. The van der Waals surface area contributed by atoms with Gasteiger partial charge >= 0.3 is 0 Å². The van der Waals surface area contributed by atoms with E-state index in [-0.39, 0.29) is 0 Å². The maximum atomic E-state index is 3.52.